The third kappa shape index (κ3) is 3.84. The van der Waals surface area contributed by atoms with E-state index in [0.717, 1.165) is 22.0 Å². The number of nitrogens with zero attached hydrogens (tertiary/aromatic N) is 3. The lowest BCUT2D eigenvalue weighted by molar-refractivity contribution is 0.0939. The van der Waals surface area contributed by atoms with Crippen LogP contribution in [-0.4, -0.2) is 26.8 Å². The zero-order chi connectivity index (χ0) is 20.4. The molecule has 29 heavy (non-hydrogen) atoms. The molecule has 1 atom stereocenters. The minimum atomic E-state index is -0.627. The van der Waals surface area contributed by atoms with E-state index in [9.17, 15) is 9.59 Å². The largest absolute Gasteiger partial charge is 0.364 e. The van der Waals surface area contributed by atoms with Crippen LogP contribution in [0.3, 0.4) is 0 Å². The van der Waals surface area contributed by atoms with Crippen molar-refractivity contribution in [2.24, 2.45) is 5.73 Å². The van der Waals surface area contributed by atoms with Crippen molar-refractivity contribution in [2.75, 3.05) is 0 Å². The van der Waals surface area contributed by atoms with Crippen molar-refractivity contribution in [3.8, 4) is 5.69 Å². The van der Waals surface area contributed by atoms with Crippen molar-refractivity contribution in [2.45, 2.75) is 13.0 Å². The molecule has 4 rings (SSSR count). The van der Waals surface area contributed by atoms with Crippen LogP contribution in [0.2, 0.25) is 0 Å². The average molecular weight is 385 g/mol. The first-order valence-corrected chi connectivity index (χ1v) is 9.13. The lowest BCUT2D eigenvalue weighted by Gasteiger charge is -2.15. The first-order valence-electron chi connectivity index (χ1n) is 9.13. The lowest BCUT2D eigenvalue weighted by atomic mass is 10.0. The quantitative estimate of drug-likeness (QED) is 0.551. The van der Waals surface area contributed by atoms with E-state index in [1.165, 1.54) is 10.9 Å². The summed E-state index contributed by atoms with van der Waals surface area (Å²) in [4.78, 5) is 23.8. The van der Waals surface area contributed by atoms with Crippen LogP contribution in [0.15, 0.2) is 72.9 Å². The number of carbonyl (C=O) groups is 2. The van der Waals surface area contributed by atoms with Gasteiger partial charge in [0.05, 0.1) is 17.9 Å². The van der Waals surface area contributed by atoms with Crippen LogP contribution in [0.5, 0.6) is 0 Å². The maximum absolute atomic E-state index is 12.6. The van der Waals surface area contributed by atoms with Gasteiger partial charge < -0.3 is 11.1 Å². The van der Waals surface area contributed by atoms with Crippen molar-refractivity contribution in [1.82, 2.24) is 20.3 Å². The summed E-state index contributed by atoms with van der Waals surface area (Å²) in [6.45, 7) is 1.93. The van der Waals surface area contributed by atoms with Gasteiger partial charge in [-0.05, 0) is 47.5 Å². The highest BCUT2D eigenvalue weighted by molar-refractivity contribution is 5.98. The summed E-state index contributed by atoms with van der Waals surface area (Å²) in [5.74, 6) is -0.757. The molecule has 1 heterocycles. The number of hydrogen-bond acceptors (Lipinski definition) is 4. The van der Waals surface area contributed by atoms with Gasteiger partial charge in [-0.25, -0.2) is 4.68 Å². The Hall–Kier alpha value is -4.00. The normalized spacial score (nSPS) is 11.9. The third-order valence-electron chi connectivity index (χ3n) is 4.76. The molecule has 0 radical (unpaired) electrons. The Morgan fingerprint density at radius 3 is 2.41 bits per heavy atom. The van der Waals surface area contributed by atoms with Gasteiger partial charge in [0.2, 0.25) is 0 Å². The second kappa shape index (κ2) is 7.55. The number of nitrogens with two attached hydrogens (primary N) is 1. The molecule has 0 aliphatic rings. The zero-order valence-electron chi connectivity index (χ0n) is 15.7. The van der Waals surface area contributed by atoms with E-state index < -0.39 is 5.91 Å². The highest BCUT2D eigenvalue weighted by Gasteiger charge is 2.13. The van der Waals surface area contributed by atoms with Gasteiger partial charge in [-0.15, -0.1) is 5.10 Å². The molecule has 3 aromatic carbocycles. The first kappa shape index (κ1) is 18.4. The number of benzene rings is 3. The second-order valence-corrected chi connectivity index (χ2v) is 6.76. The van der Waals surface area contributed by atoms with Gasteiger partial charge >= 0.3 is 0 Å². The summed E-state index contributed by atoms with van der Waals surface area (Å²) in [7, 11) is 0. The van der Waals surface area contributed by atoms with Crippen molar-refractivity contribution >= 4 is 22.6 Å². The van der Waals surface area contributed by atoms with Gasteiger partial charge in [-0.2, -0.15) is 0 Å². The fraction of sp³-hybridized carbons (Fsp3) is 0.0909. The number of aromatic nitrogens is 3. The predicted octanol–water partition coefficient (Wildman–Crippen LogP) is 3.01. The average Bonchev–Trinajstić information content (AvgIpc) is 3.24. The monoisotopic (exact) mass is 385 g/mol. The van der Waals surface area contributed by atoms with Crippen molar-refractivity contribution in [3.63, 3.8) is 0 Å². The maximum atomic E-state index is 12.6. The minimum absolute atomic E-state index is 0.102. The van der Waals surface area contributed by atoms with Crippen molar-refractivity contribution in [1.29, 1.82) is 0 Å². The van der Waals surface area contributed by atoms with E-state index in [4.69, 9.17) is 5.73 Å². The van der Waals surface area contributed by atoms with E-state index in [1.807, 2.05) is 73.7 Å². The third-order valence-corrected chi connectivity index (χ3v) is 4.76. The summed E-state index contributed by atoms with van der Waals surface area (Å²) in [6.07, 6.45) is 1.47. The molecule has 1 unspecified atom stereocenters. The van der Waals surface area contributed by atoms with Crippen LogP contribution in [0.1, 0.15) is 39.4 Å². The molecule has 7 heteroatoms. The number of carbonyl (C=O) groups excluding carboxylic acids is 2. The summed E-state index contributed by atoms with van der Waals surface area (Å²) >= 11 is 0. The van der Waals surface area contributed by atoms with Gasteiger partial charge in [0, 0.05) is 5.56 Å². The Morgan fingerprint density at radius 2 is 1.72 bits per heavy atom. The van der Waals surface area contributed by atoms with Crippen LogP contribution in [0.25, 0.3) is 16.5 Å². The molecule has 2 amide bonds. The Labute approximate surface area is 167 Å². The Morgan fingerprint density at radius 1 is 1.00 bits per heavy atom. The molecule has 0 saturated heterocycles. The fourth-order valence-corrected chi connectivity index (χ4v) is 3.11. The molecule has 0 bridgehead atoms. The smallest absolute Gasteiger partial charge is 0.270 e. The second-order valence-electron chi connectivity index (χ2n) is 6.76. The summed E-state index contributed by atoms with van der Waals surface area (Å²) < 4.78 is 1.47. The van der Waals surface area contributed by atoms with E-state index in [2.05, 4.69) is 15.6 Å². The highest BCUT2D eigenvalue weighted by atomic mass is 16.2. The SMILES string of the molecule is CC(NC(=O)c1ccc2ccccc2c1)c1ccc(-n2cc(C(N)=O)nn2)cc1. The number of nitrogens with one attached hydrogen (secondary N) is 1. The van der Waals surface area contributed by atoms with Crippen LogP contribution in [0, 0.1) is 0 Å². The Balaban J connectivity index is 1.47. The van der Waals surface area contributed by atoms with Crippen LogP contribution in [0.4, 0.5) is 0 Å². The van der Waals surface area contributed by atoms with E-state index in [-0.39, 0.29) is 17.6 Å². The molecule has 4 aromatic rings. The molecule has 0 saturated carbocycles. The van der Waals surface area contributed by atoms with Crippen molar-refractivity contribution < 1.29 is 9.59 Å². The molecular weight excluding hydrogens is 366 g/mol. The Kier molecular flexibility index (Phi) is 4.78. The van der Waals surface area contributed by atoms with E-state index >= 15 is 0 Å². The predicted molar refractivity (Wildman–Crippen MR) is 110 cm³/mol. The van der Waals surface area contributed by atoms with E-state index in [0.29, 0.717) is 5.56 Å². The molecule has 0 spiro atoms. The van der Waals surface area contributed by atoms with Crippen LogP contribution >= 0.6 is 0 Å². The molecule has 0 fully saturated rings. The number of fused-ring (bicyclic) bond motifs is 1. The van der Waals surface area contributed by atoms with Gasteiger partial charge in [-0.1, -0.05) is 47.7 Å². The molecule has 0 aliphatic carbocycles. The lowest BCUT2D eigenvalue weighted by Crippen LogP contribution is -2.26. The highest BCUT2D eigenvalue weighted by Crippen LogP contribution is 2.18. The summed E-state index contributed by atoms with van der Waals surface area (Å²) in [6, 6.07) is 20.9. The fourth-order valence-electron chi connectivity index (χ4n) is 3.11. The number of primary amides is 1. The van der Waals surface area contributed by atoms with Crippen LogP contribution in [-0.2, 0) is 0 Å². The number of amides is 2. The molecular formula is C22H19N5O2. The summed E-state index contributed by atoms with van der Waals surface area (Å²) in [5, 5.41) is 12.8. The van der Waals surface area contributed by atoms with E-state index in [1.54, 1.807) is 0 Å². The first-order chi connectivity index (χ1) is 14.0. The minimum Gasteiger partial charge on any atom is -0.364 e. The van der Waals surface area contributed by atoms with Crippen molar-refractivity contribution in [3.05, 3.63) is 89.7 Å². The molecule has 144 valence electrons. The molecule has 7 nitrogen and oxygen atoms in total. The van der Waals surface area contributed by atoms with Gasteiger partial charge in [0.1, 0.15) is 0 Å². The number of hydrogen-bond donors (Lipinski definition) is 2. The topological polar surface area (TPSA) is 103 Å². The zero-order valence-corrected chi connectivity index (χ0v) is 15.7. The maximum Gasteiger partial charge on any atom is 0.270 e. The molecule has 1 aromatic heterocycles. The number of rotatable bonds is 5. The molecule has 0 aliphatic heterocycles. The summed E-state index contributed by atoms with van der Waals surface area (Å²) in [5.41, 5.74) is 7.60. The van der Waals surface area contributed by atoms with Gasteiger partial charge in [0.25, 0.3) is 11.8 Å². The van der Waals surface area contributed by atoms with Gasteiger partial charge in [-0.3, -0.25) is 9.59 Å². The van der Waals surface area contributed by atoms with Gasteiger partial charge in [0.15, 0.2) is 5.69 Å². The van der Waals surface area contributed by atoms with Crippen LogP contribution < -0.4 is 11.1 Å². The Bertz CT molecular complexity index is 1200. The standard InChI is InChI=1S/C22H19N5O2/c1-14(24-22(29)18-7-6-16-4-2-3-5-17(16)12-18)15-8-10-19(11-9-15)27-13-20(21(23)28)25-26-27/h2-14H,1H3,(H2,23,28)(H,24,29). The molecule has 3 N–H and O–H groups in total.